The van der Waals surface area contributed by atoms with E-state index in [0.717, 1.165) is 5.56 Å². The van der Waals surface area contributed by atoms with Crippen molar-refractivity contribution in [2.75, 3.05) is 13.1 Å². The molecule has 8 nitrogen and oxygen atoms in total. The number of amides is 2. The number of aliphatic hydroxyl groups excluding tert-OH is 1. The zero-order chi connectivity index (χ0) is 19.6. The normalized spacial score (nSPS) is 11.4. The van der Waals surface area contributed by atoms with Gasteiger partial charge in [0.05, 0.1) is 17.4 Å². The van der Waals surface area contributed by atoms with E-state index < -0.39 is 11.0 Å². The minimum atomic E-state index is -0.970. The van der Waals surface area contributed by atoms with Gasteiger partial charge in [0, 0.05) is 31.6 Å². The summed E-state index contributed by atoms with van der Waals surface area (Å²) < 4.78 is 0. The van der Waals surface area contributed by atoms with Gasteiger partial charge >= 0.3 is 0 Å². The maximum atomic E-state index is 11.8. The summed E-state index contributed by atoms with van der Waals surface area (Å²) in [5.74, 6) is -0.476. The highest BCUT2D eigenvalue weighted by Gasteiger charge is 2.12. The van der Waals surface area contributed by atoms with Crippen molar-refractivity contribution in [3.8, 4) is 0 Å². The Morgan fingerprint density at radius 2 is 1.67 bits per heavy atom. The van der Waals surface area contributed by atoms with Gasteiger partial charge in [-0.1, -0.05) is 30.3 Å². The number of benzene rings is 2. The predicted octanol–water partition coefficient (Wildman–Crippen LogP) is 1.49. The molecule has 2 amide bonds. The van der Waals surface area contributed by atoms with Crippen LogP contribution in [-0.4, -0.2) is 34.9 Å². The van der Waals surface area contributed by atoms with Crippen LogP contribution in [-0.2, 0) is 16.0 Å². The van der Waals surface area contributed by atoms with Crippen LogP contribution in [0.25, 0.3) is 0 Å². The largest absolute Gasteiger partial charge is 0.387 e. The van der Waals surface area contributed by atoms with E-state index in [2.05, 4.69) is 10.6 Å². The van der Waals surface area contributed by atoms with Crippen molar-refractivity contribution in [2.24, 2.45) is 0 Å². The molecule has 27 heavy (non-hydrogen) atoms. The van der Waals surface area contributed by atoms with Crippen LogP contribution >= 0.6 is 0 Å². The van der Waals surface area contributed by atoms with Gasteiger partial charge in [0.25, 0.3) is 5.69 Å². The van der Waals surface area contributed by atoms with E-state index >= 15 is 0 Å². The van der Waals surface area contributed by atoms with Crippen molar-refractivity contribution in [3.05, 3.63) is 75.8 Å². The molecule has 2 aromatic carbocycles. The first-order valence-corrected chi connectivity index (χ1v) is 8.45. The van der Waals surface area contributed by atoms with Gasteiger partial charge in [0.2, 0.25) is 11.8 Å². The van der Waals surface area contributed by atoms with E-state index in [4.69, 9.17) is 0 Å². The van der Waals surface area contributed by atoms with Crippen LogP contribution in [0.2, 0.25) is 0 Å². The van der Waals surface area contributed by atoms with Crippen LogP contribution in [0.1, 0.15) is 23.7 Å². The molecule has 2 aromatic rings. The topological polar surface area (TPSA) is 122 Å². The lowest BCUT2D eigenvalue weighted by atomic mass is 10.1. The van der Waals surface area contributed by atoms with Crippen LogP contribution in [0.15, 0.2) is 54.6 Å². The number of nitro benzene ring substituents is 1. The van der Waals surface area contributed by atoms with Gasteiger partial charge in [-0.25, -0.2) is 0 Å². The summed E-state index contributed by atoms with van der Waals surface area (Å²) in [6.45, 7) is 0.180. The number of nitrogens with zero attached hydrogens (tertiary/aromatic N) is 1. The number of non-ortho nitro benzene ring substituents is 1. The molecular formula is C19H21N3O5. The van der Waals surface area contributed by atoms with Crippen LogP contribution in [0.4, 0.5) is 5.69 Å². The van der Waals surface area contributed by atoms with Crippen molar-refractivity contribution in [2.45, 2.75) is 18.9 Å². The number of rotatable bonds is 9. The van der Waals surface area contributed by atoms with Crippen molar-refractivity contribution in [1.29, 1.82) is 0 Å². The molecule has 0 bridgehead atoms. The van der Waals surface area contributed by atoms with Gasteiger partial charge in [-0.2, -0.15) is 0 Å². The van der Waals surface area contributed by atoms with Crippen LogP contribution in [0.5, 0.6) is 0 Å². The summed E-state index contributed by atoms with van der Waals surface area (Å²) in [6, 6.07) is 14.8. The first-order chi connectivity index (χ1) is 13.0. The SMILES string of the molecule is O=C(CCNC(=O)Cc1ccccc1)NC[C@H](O)c1ccc([N+](=O)[O-])cc1. The number of carbonyl (C=O) groups excluding carboxylic acids is 2. The Morgan fingerprint density at radius 1 is 1.00 bits per heavy atom. The molecule has 0 aliphatic rings. The van der Waals surface area contributed by atoms with Crippen molar-refractivity contribution < 1.29 is 19.6 Å². The van der Waals surface area contributed by atoms with Crippen molar-refractivity contribution in [3.63, 3.8) is 0 Å². The molecule has 0 fully saturated rings. The predicted molar refractivity (Wildman–Crippen MR) is 98.8 cm³/mol. The second-order valence-electron chi connectivity index (χ2n) is 5.93. The maximum Gasteiger partial charge on any atom is 0.269 e. The fourth-order valence-electron chi connectivity index (χ4n) is 2.39. The standard InChI is InChI=1S/C19H21N3O5/c23-17(15-6-8-16(9-7-15)22(26)27)13-21-18(24)10-11-20-19(25)12-14-4-2-1-3-5-14/h1-9,17,23H,10-13H2,(H,20,25)(H,21,24)/t17-/m0/s1. The monoisotopic (exact) mass is 371 g/mol. The summed E-state index contributed by atoms with van der Waals surface area (Å²) in [5, 5.41) is 25.9. The van der Waals surface area contributed by atoms with Gasteiger partial charge in [-0.15, -0.1) is 0 Å². The first-order valence-electron chi connectivity index (χ1n) is 8.45. The lowest BCUT2D eigenvalue weighted by Gasteiger charge is -2.12. The molecular weight excluding hydrogens is 350 g/mol. The third-order valence-corrected chi connectivity index (χ3v) is 3.86. The van der Waals surface area contributed by atoms with Crippen LogP contribution in [0.3, 0.4) is 0 Å². The Hall–Kier alpha value is -3.26. The quantitative estimate of drug-likeness (QED) is 0.455. The lowest BCUT2D eigenvalue weighted by molar-refractivity contribution is -0.384. The fourth-order valence-corrected chi connectivity index (χ4v) is 2.39. The van der Waals surface area contributed by atoms with E-state index in [1.807, 2.05) is 30.3 Å². The number of hydrogen-bond donors (Lipinski definition) is 3. The summed E-state index contributed by atoms with van der Waals surface area (Å²) >= 11 is 0. The van der Waals surface area contributed by atoms with Gasteiger partial charge in [-0.05, 0) is 23.3 Å². The number of aliphatic hydroxyl groups is 1. The van der Waals surface area contributed by atoms with Gasteiger partial charge < -0.3 is 15.7 Å². The molecule has 0 saturated carbocycles. The average molecular weight is 371 g/mol. The lowest BCUT2D eigenvalue weighted by Crippen LogP contribution is -2.33. The second-order valence-corrected chi connectivity index (χ2v) is 5.93. The average Bonchev–Trinajstić information content (AvgIpc) is 2.67. The number of nitro groups is 1. The molecule has 3 N–H and O–H groups in total. The zero-order valence-corrected chi connectivity index (χ0v) is 14.6. The molecule has 0 aromatic heterocycles. The fraction of sp³-hybridized carbons (Fsp3) is 0.263. The third-order valence-electron chi connectivity index (χ3n) is 3.86. The molecule has 0 unspecified atom stereocenters. The Morgan fingerprint density at radius 3 is 2.30 bits per heavy atom. The maximum absolute atomic E-state index is 11.8. The summed E-state index contributed by atoms with van der Waals surface area (Å²) in [7, 11) is 0. The van der Waals surface area contributed by atoms with Gasteiger partial charge in [0.15, 0.2) is 0 Å². The van der Waals surface area contributed by atoms with E-state index in [-0.39, 0.29) is 43.4 Å². The van der Waals surface area contributed by atoms with E-state index in [1.165, 1.54) is 24.3 Å². The van der Waals surface area contributed by atoms with E-state index in [0.29, 0.717) is 5.56 Å². The van der Waals surface area contributed by atoms with Crippen LogP contribution < -0.4 is 10.6 Å². The highest BCUT2D eigenvalue weighted by molar-refractivity contribution is 5.80. The number of hydrogen-bond acceptors (Lipinski definition) is 5. The molecule has 0 saturated heterocycles. The van der Waals surface area contributed by atoms with E-state index in [9.17, 15) is 24.8 Å². The minimum absolute atomic E-state index is 0.0192. The Labute approximate surface area is 156 Å². The first kappa shape index (κ1) is 20.1. The molecule has 142 valence electrons. The third kappa shape index (κ3) is 6.87. The highest BCUT2D eigenvalue weighted by Crippen LogP contribution is 2.17. The minimum Gasteiger partial charge on any atom is -0.387 e. The Kier molecular flexibility index (Phi) is 7.45. The number of nitrogens with one attached hydrogen (secondary N) is 2. The Bertz CT molecular complexity index is 778. The zero-order valence-electron chi connectivity index (χ0n) is 14.6. The van der Waals surface area contributed by atoms with Crippen molar-refractivity contribution in [1.82, 2.24) is 10.6 Å². The molecule has 0 radical (unpaired) electrons. The summed E-state index contributed by atoms with van der Waals surface area (Å²) in [4.78, 5) is 33.7. The molecule has 2 rings (SSSR count). The molecule has 0 aliphatic carbocycles. The summed E-state index contributed by atoms with van der Waals surface area (Å²) in [6.07, 6.45) is -0.628. The van der Waals surface area contributed by atoms with E-state index in [1.54, 1.807) is 0 Å². The summed E-state index contributed by atoms with van der Waals surface area (Å²) in [5.41, 5.74) is 1.30. The Balaban J connectivity index is 1.66. The molecule has 1 atom stereocenters. The van der Waals surface area contributed by atoms with Crippen LogP contribution in [0, 0.1) is 10.1 Å². The molecule has 0 aliphatic heterocycles. The highest BCUT2D eigenvalue weighted by atomic mass is 16.6. The second kappa shape index (κ2) is 10.0. The molecule has 8 heteroatoms. The van der Waals surface area contributed by atoms with Crippen molar-refractivity contribution >= 4 is 17.5 Å². The molecule has 0 spiro atoms. The van der Waals surface area contributed by atoms with Gasteiger partial charge in [0.1, 0.15) is 0 Å². The smallest absolute Gasteiger partial charge is 0.269 e. The number of carbonyl (C=O) groups is 2. The molecule has 0 heterocycles. The van der Waals surface area contributed by atoms with Gasteiger partial charge in [-0.3, -0.25) is 19.7 Å².